The van der Waals surface area contributed by atoms with E-state index >= 15 is 0 Å². The molecule has 4 rings (SSSR count). The minimum Gasteiger partial charge on any atom is -0.464 e. The maximum Gasteiger partial charge on any atom is 0.410 e. The zero-order chi connectivity index (χ0) is 23.3. The van der Waals surface area contributed by atoms with Crippen molar-refractivity contribution in [3.05, 3.63) is 36.1 Å². The molecular weight excluding hydrogens is 414 g/mol. The standard InChI is InChI=1S/C24H29NO7/c1-22(2,3)32-21(28)25-11-9-24(10-12-25,16-6-7-17-15(14-16)8-13-29-17)18-19(26)30-23(4,5)31-20(18)27/h6-8,13-14,18H,9-12H2,1-5H3. The van der Waals surface area contributed by atoms with Crippen LogP contribution in [0.3, 0.4) is 0 Å². The predicted octanol–water partition coefficient (Wildman–Crippen LogP) is 4.15. The number of piperidine rings is 1. The minimum atomic E-state index is -1.31. The summed E-state index contributed by atoms with van der Waals surface area (Å²) in [6, 6.07) is 7.47. The number of esters is 2. The van der Waals surface area contributed by atoms with Gasteiger partial charge in [0.25, 0.3) is 5.79 Å². The molecular formula is C24H29NO7. The lowest BCUT2D eigenvalue weighted by molar-refractivity contribution is -0.244. The van der Waals surface area contributed by atoms with Gasteiger partial charge in [-0.2, -0.15) is 0 Å². The van der Waals surface area contributed by atoms with Gasteiger partial charge in [0, 0.05) is 37.7 Å². The topological polar surface area (TPSA) is 95.3 Å². The summed E-state index contributed by atoms with van der Waals surface area (Å²) < 4.78 is 21.9. The molecule has 2 aromatic rings. The number of furan rings is 1. The van der Waals surface area contributed by atoms with E-state index in [2.05, 4.69) is 0 Å². The van der Waals surface area contributed by atoms with Crippen LogP contribution in [0.4, 0.5) is 4.79 Å². The van der Waals surface area contributed by atoms with Gasteiger partial charge in [-0.15, -0.1) is 0 Å². The van der Waals surface area contributed by atoms with Crippen LogP contribution >= 0.6 is 0 Å². The lowest BCUT2D eigenvalue weighted by Gasteiger charge is -2.47. The Morgan fingerprint density at radius 1 is 1.06 bits per heavy atom. The van der Waals surface area contributed by atoms with Crippen molar-refractivity contribution in [2.75, 3.05) is 13.1 Å². The summed E-state index contributed by atoms with van der Waals surface area (Å²) in [6.45, 7) is 9.18. The molecule has 0 bridgehead atoms. The van der Waals surface area contributed by atoms with Crippen molar-refractivity contribution in [3.63, 3.8) is 0 Å². The predicted molar refractivity (Wildman–Crippen MR) is 115 cm³/mol. The van der Waals surface area contributed by atoms with E-state index in [-0.39, 0.29) is 0 Å². The number of likely N-dealkylation sites (tertiary alicyclic amines) is 1. The molecule has 1 aromatic heterocycles. The maximum atomic E-state index is 13.1. The quantitative estimate of drug-likeness (QED) is 0.508. The summed E-state index contributed by atoms with van der Waals surface area (Å²) in [5.41, 5.74) is 0.0358. The molecule has 2 saturated heterocycles. The molecule has 0 radical (unpaired) electrons. The van der Waals surface area contributed by atoms with Crippen molar-refractivity contribution in [2.24, 2.45) is 5.92 Å². The summed E-state index contributed by atoms with van der Waals surface area (Å²) in [5, 5.41) is 0.870. The molecule has 0 spiro atoms. The first kappa shape index (κ1) is 22.2. The van der Waals surface area contributed by atoms with E-state index in [0.29, 0.717) is 31.5 Å². The highest BCUT2D eigenvalue weighted by atomic mass is 16.7. The van der Waals surface area contributed by atoms with Crippen molar-refractivity contribution in [1.82, 2.24) is 4.90 Å². The van der Waals surface area contributed by atoms with Crippen molar-refractivity contribution in [3.8, 4) is 0 Å². The number of benzene rings is 1. The monoisotopic (exact) mass is 443 g/mol. The molecule has 1 aromatic carbocycles. The number of carbonyl (C=O) groups is 3. The molecule has 2 fully saturated rings. The zero-order valence-electron chi connectivity index (χ0n) is 19.1. The Morgan fingerprint density at radius 3 is 2.28 bits per heavy atom. The Kier molecular flexibility index (Phi) is 5.22. The minimum absolute atomic E-state index is 0.332. The molecule has 1 amide bonds. The van der Waals surface area contributed by atoms with Crippen LogP contribution < -0.4 is 0 Å². The Bertz CT molecular complexity index is 1030. The van der Waals surface area contributed by atoms with E-state index in [9.17, 15) is 14.4 Å². The molecule has 0 saturated carbocycles. The highest BCUT2D eigenvalue weighted by Crippen LogP contribution is 2.46. The molecule has 2 aliphatic heterocycles. The fourth-order valence-corrected chi connectivity index (χ4v) is 4.61. The van der Waals surface area contributed by atoms with Crippen molar-refractivity contribution < 1.29 is 33.0 Å². The number of amides is 1. The smallest absolute Gasteiger partial charge is 0.410 e. The van der Waals surface area contributed by atoms with E-state index in [0.717, 1.165) is 10.9 Å². The summed E-state index contributed by atoms with van der Waals surface area (Å²) in [7, 11) is 0. The number of carbonyl (C=O) groups excluding carboxylic acids is 3. The molecule has 0 aliphatic carbocycles. The van der Waals surface area contributed by atoms with E-state index in [1.54, 1.807) is 11.2 Å². The Hall–Kier alpha value is -3.03. The van der Waals surface area contributed by atoms with Crippen LogP contribution in [-0.2, 0) is 29.2 Å². The van der Waals surface area contributed by atoms with Gasteiger partial charge in [-0.25, -0.2) is 4.79 Å². The molecule has 8 nitrogen and oxygen atoms in total. The van der Waals surface area contributed by atoms with Gasteiger partial charge >= 0.3 is 18.0 Å². The summed E-state index contributed by atoms with van der Waals surface area (Å²) in [4.78, 5) is 40.3. The third kappa shape index (κ3) is 4.06. The summed E-state index contributed by atoms with van der Waals surface area (Å²) >= 11 is 0. The highest BCUT2D eigenvalue weighted by molar-refractivity contribution is 5.99. The van der Waals surface area contributed by atoms with Crippen LogP contribution in [0.2, 0.25) is 0 Å². The van der Waals surface area contributed by atoms with Crippen molar-refractivity contribution in [1.29, 1.82) is 0 Å². The molecule has 8 heteroatoms. The molecule has 0 N–H and O–H groups in total. The number of hydrogen-bond acceptors (Lipinski definition) is 7. The second kappa shape index (κ2) is 7.53. The average Bonchev–Trinajstić information content (AvgIpc) is 3.13. The van der Waals surface area contributed by atoms with Gasteiger partial charge in [-0.05, 0) is 57.4 Å². The number of cyclic esters (lactones) is 2. The van der Waals surface area contributed by atoms with Gasteiger partial charge in [0.1, 0.15) is 11.2 Å². The zero-order valence-corrected chi connectivity index (χ0v) is 19.1. The molecule has 0 unspecified atom stereocenters. The first-order valence-corrected chi connectivity index (χ1v) is 10.8. The molecule has 2 aliphatic rings. The number of fused-ring (bicyclic) bond motifs is 1. The maximum absolute atomic E-state index is 13.1. The van der Waals surface area contributed by atoms with E-state index < -0.39 is 40.8 Å². The number of rotatable bonds is 2. The number of hydrogen-bond donors (Lipinski definition) is 0. The van der Waals surface area contributed by atoms with Crippen LogP contribution in [0.5, 0.6) is 0 Å². The normalized spacial score (nSPS) is 21.2. The van der Waals surface area contributed by atoms with Gasteiger partial charge in [0.05, 0.1) is 6.26 Å². The third-order valence-corrected chi connectivity index (χ3v) is 6.05. The molecule has 0 atom stereocenters. The van der Waals surface area contributed by atoms with Gasteiger partial charge in [0.2, 0.25) is 0 Å². The Morgan fingerprint density at radius 2 is 1.69 bits per heavy atom. The lowest BCUT2D eigenvalue weighted by Crippen LogP contribution is -2.58. The molecule has 3 heterocycles. The van der Waals surface area contributed by atoms with Gasteiger partial charge < -0.3 is 23.5 Å². The van der Waals surface area contributed by atoms with Crippen LogP contribution in [0.1, 0.15) is 53.0 Å². The van der Waals surface area contributed by atoms with E-state index in [4.69, 9.17) is 18.6 Å². The molecule has 32 heavy (non-hydrogen) atoms. The first-order valence-electron chi connectivity index (χ1n) is 10.8. The van der Waals surface area contributed by atoms with E-state index in [1.807, 2.05) is 45.0 Å². The largest absolute Gasteiger partial charge is 0.464 e. The Labute approximate surface area is 186 Å². The van der Waals surface area contributed by atoms with Crippen molar-refractivity contribution in [2.45, 2.75) is 64.3 Å². The highest BCUT2D eigenvalue weighted by Gasteiger charge is 2.56. The van der Waals surface area contributed by atoms with Gasteiger partial charge in [-0.1, -0.05) is 6.07 Å². The fourth-order valence-electron chi connectivity index (χ4n) is 4.61. The number of nitrogens with zero attached hydrogens (tertiary/aromatic N) is 1. The average molecular weight is 443 g/mol. The SMILES string of the molecule is CC(C)(C)OC(=O)N1CCC(c2ccc3occc3c2)(C2C(=O)OC(C)(C)OC2=O)CC1. The van der Waals surface area contributed by atoms with Crippen LogP contribution in [0, 0.1) is 5.92 Å². The van der Waals surface area contributed by atoms with Crippen LogP contribution in [-0.4, -0.2) is 47.4 Å². The summed E-state index contributed by atoms with van der Waals surface area (Å²) in [5.74, 6) is -3.65. The number of ether oxygens (including phenoxy) is 3. The second-order valence-electron chi connectivity index (χ2n) is 9.97. The van der Waals surface area contributed by atoms with Crippen LogP contribution in [0.25, 0.3) is 11.0 Å². The van der Waals surface area contributed by atoms with E-state index in [1.165, 1.54) is 13.8 Å². The van der Waals surface area contributed by atoms with Crippen LogP contribution in [0.15, 0.2) is 34.9 Å². The lowest BCUT2D eigenvalue weighted by atomic mass is 9.64. The first-order chi connectivity index (χ1) is 14.9. The fraction of sp³-hybridized carbons (Fsp3) is 0.542. The summed E-state index contributed by atoms with van der Waals surface area (Å²) in [6.07, 6.45) is 1.94. The van der Waals surface area contributed by atoms with Crippen molar-refractivity contribution >= 4 is 29.0 Å². The third-order valence-electron chi connectivity index (χ3n) is 6.05. The van der Waals surface area contributed by atoms with Gasteiger partial charge in [-0.3, -0.25) is 9.59 Å². The molecule has 172 valence electrons. The van der Waals surface area contributed by atoms with Gasteiger partial charge in [0.15, 0.2) is 5.92 Å². The Balaban J connectivity index is 1.70. The second-order valence-corrected chi connectivity index (χ2v) is 9.97.